The van der Waals surface area contributed by atoms with Gasteiger partial charge in [0.15, 0.2) is 0 Å². The standard InChI is InChI=1S/C13H22N2S/c1-9-7-8-16-13(9)10(2)15-12-5-3-11(14)4-6-12/h7-8,10-12,15H,3-6,14H2,1-2H3. The Morgan fingerprint density at radius 2 is 2.06 bits per heavy atom. The van der Waals surface area contributed by atoms with Gasteiger partial charge in [-0.15, -0.1) is 11.3 Å². The fraction of sp³-hybridized carbons (Fsp3) is 0.692. The zero-order valence-electron chi connectivity index (χ0n) is 10.2. The van der Waals surface area contributed by atoms with E-state index in [4.69, 9.17) is 5.73 Å². The quantitative estimate of drug-likeness (QED) is 0.849. The van der Waals surface area contributed by atoms with Gasteiger partial charge in [-0.25, -0.2) is 0 Å². The average molecular weight is 238 g/mol. The Morgan fingerprint density at radius 1 is 1.38 bits per heavy atom. The van der Waals surface area contributed by atoms with Crippen LogP contribution in [0.4, 0.5) is 0 Å². The van der Waals surface area contributed by atoms with E-state index >= 15 is 0 Å². The summed E-state index contributed by atoms with van der Waals surface area (Å²) < 4.78 is 0. The third kappa shape index (κ3) is 2.84. The molecule has 1 fully saturated rings. The van der Waals surface area contributed by atoms with E-state index in [1.165, 1.54) is 36.1 Å². The molecule has 16 heavy (non-hydrogen) atoms. The second kappa shape index (κ2) is 5.30. The van der Waals surface area contributed by atoms with Crippen LogP contribution in [0.1, 0.15) is 49.1 Å². The molecule has 1 aromatic rings. The number of aryl methyl sites for hydroxylation is 1. The lowest BCUT2D eigenvalue weighted by Crippen LogP contribution is -2.38. The second-order valence-electron chi connectivity index (χ2n) is 4.97. The van der Waals surface area contributed by atoms with Crippen molar-refractivity contribution in [3.8, 4) is 0 Å². The van der Waals surface area contributed by atoms with Crippen molar-refractivity contribution in [3.63, 3.8) is 0 Å². The molecule has 1 aliphatic carbocycles. The predicted molar refractivity (Wildman–Crippen MR) is 70.8 cm³/mol. The molecule has 0 aromatic carbocycles. The molecule has 0 spiro atoms. The zero-order chi connectivity index (χ0) is 11.5. The normalized spacial score (nSPS) is 27.9. The Kier molecular flexibility index (Phi) is 4.00. The van der Waals surface area contributed by atoms with Crippen molar-refractivity contribution in [2.45, 2.75) is 57.7 Å². The topological polar surface area (TPSA) is 38.0 Å². The summed E-state index contributed by atoms with van der Waals surface area (Å²) in [6, 6.07) is 3.79. The number of nitrogens with one attached hydrogen (secondary N) is 1. The second-order valence-corrected chi connectivity index (χ2v) is 5.92. The summed E-state index contributed by atoms with van der Waals surface area (Å²) in [5.41, 5.74) is 7.34. The molecule has 1 heterocycles. The Bertz CT molecular complexity index is 326. The first-order valence-corrected chi connectivity index (χ1v) is 7.10. The Labute approximate surface area is 102 Å². The average Bonchev–Trinajstić information content (AvgIpc) is 2.68. The Hall–Kier alpha value is -0.380. The van der Waals surface area contributed by atoms with Crippen LogP contribution >= 0.6 is 11.3 Å². The van der Waals surface area contributed by atoms with Crippen molar-refractivity contribution in [1.82, 2.24) is 5.32 Å². The highest BCUT2D eigenvalue weighted by molar-refractivity contribution is 7.10. The van der Waals surface area contributed by atoms with Crippen molar-refractivity contribution in [3.05, 3.63) is 21.9 Å². The van der Waals surface area contributed by atoms with Crippen molar-refractivity contribution in [2.24, 2.45) is 5.73 Å². The summed E-state index contributed by atoms with van der Waals surface area (Å²) in [5.74, 6) is 0. The zero-order valence-corrected chi connectivity index (χ0v) is 11.0. The Morgan fingerprint density at radius 3 is 2.62 bits per heavy atom. The van der Waals surface area contributed by atoms with Crippen LogP contribution in [0.2, 0.25) is 0 Å². The molecule has 2 nitrogen and oxygen atoms in total. The first-order valence-electron chi connectivity index (χ1n) is 6.22. The Balaban J connectivity index is 1.88. The van der Waals surface area contributed by atoms with E-state index in [2.05, 4.69) is 30.6 Å². The molecule has 0 aliphatic heterocycles. The van der Waals surface area contributed by atoms with Crippen LogP contribution in [0.5, 0.6) is 0 Å². The largest absolute Gasteiger partial charge is 0.328 e. The lowest BCUT2D eigenvalue weighted by molar-refractivity contribution is 0.323. The summed E-state index contributed by atoms with van der Waals surface area (Å²) in [7, 11) is 0. The van der Waals surface area contributed by atoms with Crippen molar-refractivity contribution >= 4 is 11.3 Å². The van der Waals surface area contributed by atoms with Gasteiger partial charge in [-0.05, 0) is 56.5 Å². The van der Waals surface area contributed by atoms with Crippen LogP contribution in [0, 0.1) is 6.92 Å². The van der Waals surface area contributed by atoms with E-state index in [1.807, 2.05) is 11.3 Å². The lowest BCUT2D eigenvalue weighted by atomic mass is 9.91. The van der Waals surface area contributed by atoms with Crippen LogP contribution in [0.25, 0.3) is 0 Å². The van der Waals surface area contributed by atoms with Gasteiger partial charge in [0.2, 0.25) is 0 Å². The molecule has 3 N–H and O–H groups in total. The maximum atomic E-state index is 5.92. The molecule has 0 amide bonds. The molecule has 90 valence electrons. The van der Waals surface area contributed by atoms with Gasteiger partial charge in [-0.2, -0.15) is 0 Å². The molecule has 0 saturated heterocycles. The molecular formula is C13H22N2S. The van der Waals surface area contributed by atoms with Crippen LogP contribution in [-0.2, 0) is 0 Å². The predicted octanol–water partition coefficient (Wildman–Crippen LogP) is 2.98. The summed E-state index contributed by atoms with van der Waals surface area (Å²) in [5, 5.41) is 5.92. The number of hydrogen-bond donors (Lipinski definition) is 2. The van der Waals surface area contributed by atoms with Gasteiger partial charge in [0.05, 0.1) is 0 Å². The van der Waals surface area contributed by atoms with Crippen LogP contribution in [-0.4, -0.2) is 12.1 Å². The highest BCUT2D eigenvalue weighted by atomic mass is 32.1. The first kappa shape index (κ1) is 12.1. The number of hydrogen-bond acceptors (Lipinski definition) is 3. The van der Waals surface area contributed by atoms with Crippen molar-refractivity contribution in [1.29, 1.82) is 0 Å². The van der Waals surface area contributed by atoms with E-state index in [1.54, 1.807) is 0 Å². The molecule has 1 unspecified atom stereocenters. The fourth-order valence-electron chi connectivity index (χ4n) is 2.54. The minimum absolute atomic E-state index is 0.442. The molecule has 1 saturated carbocycles. The van der Waals surface area contributed by atoms with Crippen LogP contribution in [0.15, 0.2) is 11.4 Å². The summed E-state index contributed by atoms with van der Waals surface area (Å²) in [4.78, 5) is 1.48. The maximum absolute atomic E-state index is 5.92. The number of rotatable bonds is 3. The molecule has 1 aromatic heterocycles. The first-order chi connectivity index (χ1) is 7.66. The van der Waals surface area contributed by atoms with E-state index in [0.29, 0.717) is 18.1 Å². The van der Waals surface area contributed by atoms with Crippen LogP contribution < -0.4 is 11.1 Å². The lowest BCUT2D eigenvalue weighted by Gasteiger charge is -2.29. The van der Waals surface area contributed by atoms with Gasteiger partial charge in [0.1, 0.15) is 0 Å². The maximum Gasteiger partial charge on any atom is 0.0390 e. The summed E-state index contributed by atoms with van der Waals surface area (Å²) >= 11 is 1.86. The highest BCUT2D eigenvalue weighted by Gasteiger charge is 2.20. The van der Waals surface area contributed by atoms with Crippen molar-refractivity contribution < 1.29 is 0 Å². The summed E-state index contributed by atoms with van der Waals surface area (Å²) in [6.45, 7) is 4.47. The molecule has 0 radical (unpaired) electrons. The van der Waals surface area contributed by atoms with E-state index in [0.717, 1.165) is 0 Å². The molecule has 1 atom stereocenters. The van der Waals surface area contributed by atoms with E-state index in [9.17, 15) is 0 Å². The number of nitrogens with two attached hydrogens (primary N) is 1. The molecular weight excluding hydrogens is 216 g/mol. The third-order valence-electron chi connectivity index (χ3n) is 3.55. The SMILES string of the molecule is Cc1ccsc1C(C)NC1CCC(N)CC1. The van der Waals surface area contributed by atoms with Crippen molar-refractivity contribution in [2.75, 3.05) is 0 Å². The fourth-order valence-corrected chi connectivity index (χ4v) is 3.49. The third-order valence-corrected chi connectivity index (χ3v) is 4.75. The van der Waals surface area contributed by atoms with E-state index < -0.39 is 0 Å². The van der Waals surface area contributed by atoms with Gasteiger partial charge >= 0.3 is 0 Å². The smallest absolute Gasteiger partial charge is 0.0390 e. The molecule has 1 aliphatic rings. The van der Waals surface area contributed by atoms with Gasteiger partial charge < -0.3 is 11.1 Å². The van der Waals surface area contributed by atoms with Gasteiger partial charge in [-0.1, -0.05) is 0 Å². The monoisotopic (exact) mass is 238 g/mol. The molecule has 2 rings (SSSR count). The van der Waals surface area contributed by atoms with Gasteiger partial charge in [-0.3, -0.25) is 0 Å². The molecule has 3 heteroatoms. The van der Waals surface area contributed by atoms with Gasteiger partial charge in [0, 0.05) is 23.0 Å². The number of thiophene rings is 1. The minimum Gasteiger partial charge on any atom is -0.328 e. The summed E-state index contributed by atoms with van der Waals surface area (Å²) in [6.07, 6.45) is 4.81. The minimum atomic E-state index is 0.442. The van der Waals surface area contributed by atoms with Gasteiger partial charge in [0.25, 0.3) is 0 Å². The molecule has 0 bridgehead atoms. The van der Waals surface area contributed by atoms with Crippen LogP contribution in [0.3, 0.4) is 0 Å². The highest BCUT2D eigenvalue weighted by Crippen LogP contribution is 2.26. The van der Waals surface area contributed by atoms with E-state index in [-0.39, 0.29) is 0 Å².